The van der Waals surface area contributed by atoms with E-state index in [-0.39, 0.29) is 12.3 Å². The summed E-state index contributed by atoms with van der Waals surface area (Å²) in [6.45, 7) is 1.56. The summed E-state index contributed by atoms with van der Waals surface area (Å²) in [6.07, 6.45) is -0.801. The molecule has 0 saturated heterocycles. The summed E-state index contributed by atoms with van der Waals surface area (Å²) in [5, 5.41) is 4.80. The molecule has 0 bridgehead atoms. The highest BCUT2D eigenvalue weighted by molar-refractivity contribution is 6.03. The van der Waals surface area contributed by atoms with E-state index in [9.17, 15) is 9.59 Å². The summed E-state index contributed by atoms with van der Waals surface area (Å²) >= 11 is 0. The van der Waals surface area contributed by atoms with E-state index in [0.717, 1.165) is 22.1 Å². The summed E-state index contributed by atoms with van der Waals surface area (Å²) in [6, 6.07) is 20.6. The molecule has 3 aromatic carbocycles. The first-order valence-corrected chi connectivity index (χ1v) is 8.68. The molecule has 138 valence electrons. The molecular formula is C22H21NO4. The number of esters is 1. The minimum atomic E-state index is -0.894. The Bertz CT molecular complexity index is 945. The lowest BCUT2D eigenvalue weighted by molar-refractivity contribution is -0.152. The van der Waals surface area contributed by atoms with E-state index in [2.05, 4.69) is 5.32 Å². The smallest absolute Gasteiger partial charge is 0.311 e. The first-order valence-electron chi connectivity index (χ1n) is 8.68. The van der Waals surface area contributed by atoms with Crippen molar-refractivity contribution in [3.05, 3.63) is 72.3 Å². The number of nitrogens with one attached hydrogen (secondary N) is 1. The van der Waals surface area contributed by atoms with Gasteiger partial charge in [0, 0.05) is 11.1 Å². The normalized spacial score (nSPS) is 11.6. The highest BCUT2D eigenvalue weighted by Gasteiger charge is 2.19. The number of carbonyl (C=O) groups excluding carboxylic acids is 2. The van der Waals surface area contributed by atoms with E-state index in [1.165, 1.54) is 0 Å². The average molecular weight is 363 g/mol. The lowest BCUT2D eigenvalue weighted by atomic mass is 10.1. The number of anilines is 1. The van der Waals surface area contributed by atoms with Gasteiger partial charge in [0.2, 0.25) is 0 Å². The third kappa shape index (κ3) is 4.64. The van der Waals surface area contributed by atoms with Crippen LogP contribution >= 0.6 is 0 Å². The quantitative estimate of drug-likeness (QED) is 0.673. The third-order valence-electron chi connectivity index (χ3n) is 4.23. The molecule has 0 saturated carbocycles. The van der Waals surface area contributed by atoms with E-state index < -0.39 is 12.1 Å². The second kappa shape index (κ2) is 8.36. The second-order valence-corrected chi connectivity index (χ2v) is 6.17. The summed E-state index contributed by atoms with van der Waals surface area (Å²) in [7, 11) is 1.58. The highest BCUT2D eigenvalue weighted by Crippen LogP contribution is 2.23. The maximum Gasteiger partial charge on any atom is 0.311 e. The molecule has 1 N–H and O–H groups in total. The van der Waals surface area contributed by atoms with E-state index in [1.807, 2.05) is 42.5 Å². The maximum atomic E-state index is 12.4. The van der Waals surface area contributed by atoms with Crippen molar-refractivity contribution in [3.8, 4) is 5.75 Å². The zero-order chi connectivity index (χ0) is 19.2. The van der Waals surface area contributed by atoms with Gasteiger partial charge in [0.1, 0.15) is 5.75 Å². The van der Waals surface area contributed by atoms with Gasteiger partial charge in [-0.15, -0.1) is 0 Å². The van der Waals surface area contributed by atoms with Crippen molar-refractivity contribution >= 4 is 28.3 Å². The van der Waals surface area contributed by atoms with E-state index in [4.69, 9.17) is 9.47 Å². The summed E-state index contributed by atoms with van der Waals surface area (Å²) in [5.74, 6) is -0.106. The summed E-state index contributed by atoms with van der Waals surface area (Å²) in [4.78, 5) is 24.5. The van der Waals surface area contributed by atoms with E-state index in [1.54, 1.807) is 38.3 Å². The first kappa shape index (κ1) is 18.5. The van der Waals surface area contributed by atoms with Gasteiger partial charge in [-0.1, -0.05) is 48.5 Å². The molecule has 1 atom stereocenters. The van der Waals surface area contributed by atoms with Crippen LogP contribution in [-0.4, -0.2) is 25.1 Å². The van der Waals surface area contributed by atoms with Crippen molar-refractivity contribution in [2.24, 2.45) is 0 Å². The Labute approximate surface area is 157 Å². The van der Waals surface area contributed by atoms with Gasteiger partial charge in [-0.25, -0.2) is 0 Å². The third-order valence-corrected chi connectivity index (χ3v) is 4.23. The fraction of sp³-hybridized carbons (Fsp3) is 0.182. The van der Waals surface area contributed by atoms with Crippen molar-refractivity contribution in [2.75, 3.05) is 12.4 Å². The minimum Gasteiger partial charge on any atom is -0.497 e. The number of carbonyl (C=O) groups is 2. The number of ether oxygens (including phenoxy) is 2. The molecule has 3 rings (SSSR count). The molecular weight excluding hydrogens is 342 g/mol. The molecule has 0 fully saturated rings. The lowest BCUT2D eigenvalue weighted by Crippen LogP contribution is -2.30. The molecule has 0 aliphatic heterocycles. The predicted molar refractivity (Wildman–Crippen MR) is 105 cm³/mol. The van der Waals surface area contributed by atoms with Crippen LogP contribution in [0.1, 0.15) is 12.5 Å². The molecule has 0 aliphatic rings. The van der Waals surface area contributed by atoms with Crippen LogP contribution in [0.5, 0.6) is 5.75 Å². The zero-order valence-corrected chi connectivity index (χ0v) is 15.3. The fourth-order valence-electron chi connectivity index (χ4n) is 2.77. The first-order chi connectivity index (χ1) is 13.1. The molecule has 0 radical (unpaired) electrons. The van der Waals surface area contributed by atoms with Gasteiger partial charge in [0.25, 0.3) is 5.91 Å². The fourth-order valence-corrected chi connectivity index (χ4v) is 2.77. The predicted octanol–water partition coefficient (Wildman–Crippen LogP) is 3.96. The number of amides is 1. The molecule has 0 aromatic heterocycles. The molecule has 0 unspecified atom stereocenters. The number of fused-ring (bicyclic) bond motifs is 1. The maximum absolute atomic E-state index is 12.4. The molecule has 1 amide bonds. The van der Waals surface area contributed by atoms with E-state index in [0.29, 0.717) is 5.69 Å². The van der Waals surface area contributed by atoms with Crippen LogP contribution in [0, 0.1) is 0 Å². The van der Waals surface area contributed by atoms with Crippen molar-refractivity contribution in [1.29, 1.82) is 0 Å². The molecule has 0 spiro atoms. The van der Waals surface area contributed by atoms with Gasteiger partial charge in [0.15, 0.2) is 6.10 Å². The Hall–Kier alpha value is -3.34. The number of rotatable bonds is 6. The molecule has 0 aliphatic carbocycles. The number of hydrogen-bond acceptors (Lipinski definition) is 4. The Kier molecular flexibility index (Phi) is 5.71. The Morgan fingerprint density at radius 3 is 2.41 bits per heavy atom. The van der Waals surface area contributed by atoms with Crippen molar-refractivity contribution in [3.63, 3.8) is 0 Å². The van der Waals surface area contributed by atoms with Crippen LogP contribution in [0.3, 0.4) is 0 Å². The van der Waals surface area contributed by atoms with Gasteiger partial charge in [-0.3, -0.25) is 9.59 Å². The van der Waals surface area contributed by atoms with Crippen molar-refractivity contribution < 1.29 is 19.1 Å². The number of hydrogen-bond donors (Lipinski definition) is 1. The van der Waals surface area contributed by atoms with Crippen LogP contribution in [0.4, 0.5) is 5.69 Å². The van der Waals surface area contributed by atoms with Gasteiger partial charge in [0.05, 0.1) is 13.5 Å². The van der Waals surface area contributed by atoms with Crippen molar-refractivity contribution in [1.82, 2.24) is 0 Å². The number of benzene rings is 3. The topological polar surface area (TPSA) is 64.6 Å². The minimum absolute atomic E-state index is 0.0931. The van der Waals surface area contributed by atoms with Crippen molar-refractivity contribution in [2.45, 2.75) is 19.4 Å². The average Bonchev–Trinajstić information content (AvgIpc) is 2.68. The summed E-state index contributed by atoms with van der Waals surface area (Å²) < 4.78 is 10.4. The van der Waals surface area contributed by atoms with Crippen LogP contribution in [0.25, 0.3) is 10.8 Å². The second-order valence-electron chi connectivity index (χ2n) is 6.17. The Morgan fingerprint density at radius 2 is 1.67 bits per heavy atom. The van der Waals surface area contributed by atoms with Gasteiger partial charge in [-0.2, -0.15) is 0 Å². The number of methoxy groups -OCH3 is 1. The molecule has 5 heteroatoms. The van der Waals surface area contributed by atoms with E-state index >= 15 is 0 Å². The van der Waals surface area contributed by atoms with Gasteiger partial charge < -0.3 is 14.8 Å². The lowest BCUT2D eigenvalue weighted by Gasteiger charge is -2.15. The van der Waals surface area contributed by atoms with Gasteiger partial charge in [-0.05, 0) is 36.1 Å². The Balaban J connectivity index is 1.60. The van der Waals surface area contributed by atoms with Crippen LogP contribution < -0.4 is 10.1 Å². The largest absolute Gasteiger partial charge is 0.497 e. The van der Waals surface area contributed by atoms with Gasteiger partial charge >= 0.3 is 5.97 Å². The molecule has 27 heavy (non-hydrogen) atoms. The zero-order valence-electron chi connectivity index (χ0n) is 15.3. The summed E-state index contributed by atoms with van der Waals surface area (Å²) in [5.41, 5.74) is 1.48. The SMILES string of the molecule is COc1ccc(CC(=O)O[C@H](C)C(=O)Nc2cccc3ccccc23)cc1. The van der Waals surface area contributed by atoms with Crippen LogP contribution in [-0.2, 0) is 20.7 Å². The van der Waals surface area contributed by atoms with Crippen LogP contribution in [0.15, 0.2) is 66.7 Å². The molecule has 0 heterocycles. The molecule has 5 nitrogen and oxygen atoms in total. The highest BCUT2D eigenvalue weighted by atomic mass is 16.5. The Morgan fingerprint density at radius 1 is 0.963 bits per heavy atom. The van der Waals surface area contributed by atoms with Crippen LogP contribution in [0.2, 0.25) is 0 Å². The molecule has 3 aromatic rings. The standard InChI is InChI=1S/C22H21NO4/c1-15(27-21(24)14-16-10-12-18(26-2)13-11-16)22(25)23-20-9-5-7-17-6-3-4-8-19(17)20/h3-13,15H,14H2,1-2H3,(H,23,25)/t15-/m1/s1. The monoisotopic (exact) mass is 363 g/mol.